The van der Waals surface area contributed by atoms with Crippen LogP contribution < -0.4 is 16.0 Å². The summed E-state index contributed by atoms with van der Waals surface area (Å²) in [7, 11) is 1.44. The molecule has 10 heteroatoms. The molecule has 150 valence electrons. The summed E-state index contributed by atoms with van der Waals surface area (Å²) in [6, 6.07) is 3.45. The van der Waals surface area contributed by atoms with Crippen molar-refractivity contribution in [3.05, 3.63) is 34.9 Å². The van der Waals surface area contributed by atoms with Gasteiger partial charge < -0.3 is 10.6 Å². The molecule has 2 aliphatic heterocycles. The highest BCUT2D eigenvalue weighted by Gasteiger charge is 2.44. The number of fused-ring (bicyclic) bond motifs is 1. The number of hydrogen-bond acceptors (Lipinski definition) is 6. The maximum absolute atomic E-state index is 13.5. The molecule has 28 heavy (non-hydrogen) atoms. The van der Waals surface area contributed by atoms with Gasteiger partial charge in [0.15, 0.2) is 0 Å². The molecule has 1 atom stereocenters. The standard InChI is InChI=1S/C18H20F2N4O4/c1-21-8-18(19,20)9-22-7-10-2-3-11-12(6-10)17(28)24(16(11)27)13-4-5-14(25)23-15(13)26/h2-3,6,13,21-22H,4-5,7-9H2,1H3,(H,23,25,26). The van der Waals surface area contributed by atoms with E-state index in [4.69, 9.17) is 0 Å². The number of imide groups is 2. The van der Waals surface area contributed by atoms with Crippen molar-refractivity contribution < 1.29 is 28.0 Å². The summed E-state index contributed by atoms with van der Waals surface area (Å²) in [6.07, 6.45) is 0.116. The first-order chi connectivity index (χ1) is 13.2. The van der Waals surface area contributed by atoms with E-state index < -0.39 is 48.7 Å². The Labute approximate surface area is 159 Å². The van der Waals surface area contributed by atoms with Gasteiger partial charge in [-0.15, -0.1) is 0 Å². The van der Waals surface area contributed by atoms with Crippen LogP contribution in [-0.2, 0) is 16.1 Å². The maximum atomic E-state index is 13.5. The molecule has 1 aromatic carbocycles. The minimum absolute atomic E-state index is 0.0415. The molecule has 3 rings (SSSR count). The number of nitrogens with zero attached hydrogens (tertiary/aromatic N) is 1. The quantitative estimate of drug-likeness (QED) is 0.564. The zero-order valence-corrected chi connectivity index (χ0v) is 15.2. The first kappa shape index (κ1) is 20.0. The Hall–Kier alpha value is -2.72. The second-order valence-corrected chi connectivity index (χ2v) is 6.82. The van der Waals surface area contributed by atoms with Crippen LogP contribution in [0.1, 0.15) is 39.1 Å². The van der Waals surface area contributed by atoms with E-state index in [-0.39, 0.29) is 30.5 Å². The van der Waals surface area contributed by atoms with Gasteiger partial charge in [-0.25, -0.2) is 8.78 Å². The normalized spacial score (nSPS) is 19.8. The summed E-state index contributed by atoms with van der Waals surface area (Å²) in [5, 5.41) is 7.17. The van der Waals surface area contributed by atoms with Crippen molar-refractivity contribution in [1.29, 1.82) is 0 Å². The van der Waals surface area contributed by atoms with Crippen molar-refractivity contribution in [3.63, 3.8) is 0 Å². The van der Waals surface area contributed by atoms with E-state index in [2.05, 4.69) is 16.0 Å². The fraction of sp³-hybridized carbons (Fsp3) is 0.444. The predicted octanol–water partition coefficient (Wildman–Crippen LogP) is 0.0321. The molecule has 1 saturated heterocycles. The molecule has 0 spiro atoms. The summed E-state index contributed by atoms with van der Waals surface area (Å²) in [6.45, 7) is -0.912. The fourth-order valence-corrected chi connectivity index (χ4v) is 3.34. The zero-order chi connectivity index (χ0) is 20.5. The van der Waals surface area contributed by atoms with E-state index >= 15 is 0 Å². The third kappa shape index (κ3) is 3.92. The Morgan fingerprint density at radius 3 is 2.54 bits per heavy atom. The minimum Gasteiger partial charge on any atom is -0.314 e. The number of carbonyl (C=O) groups is 4. The lowest BCUT2D eigenvalue weighted by atomic mass is 10.0. The SMILES string of the molecule is CNCC(F)(F)CNCc1ccc2c(c1)C(=O)N(C1CCC(=O)NC1=O)C2=O. The highest BCUT2D eigenvalue weighted by molar-refractivity contribution is 6.23. The van der Waals surface area contributed by atoms with Crippen molar-refractivity contribution in [2.75, 3.05) is 20.1 Å². The Kier molecular flexibility index (Phi) is 5.52. The minimum atomic E-state index is -2.92. The lowest BCUT2D eigenvalue weighted by molar-refractivity contribution is -0.136. The van der Waals surface area contributed by atoms with E-state index in [0.29, 0.717) is 5.56 Å². The van der Waals surface area contributed by atoms with Crippen LogP contribution in [0.15, 0.2) is 18.2 Å². The van der Waals surface area contributed by atoms with Crippen molar-refractivity contribution in [3.8, 4) is 0 Å². The van der Waals surface area contributed by atoms with Crippen molar-refractivity contribution in [2.45, 2.75) is 31.4 Å². The van der Waals surface area contributed by atoms with Crippen LogP contribution in [0, 0.1) is 0 Å². The summed E-state index contributed by atoms with van der Waals surface area (Å²) < 4.78 is 27.0. The summed E-state index contributed by atoms with van der Waals surface area (Å²) in [4.78, 5) is 49.5. The molecule has 0 radical (unpaired) electrons. The fourth-order valence-electron chi connectivity index (χ4n) is 3.34. The molecular weight excluding hydrogens is 374 g/mol. The number of amides is 4. The zero-order valence-electron chi connectivity index (χ0n) is 15.2. The second-order valence-electron chi connectivity index (χ2n) is 6.82. The summed E-state index contributed by atoms with van der Waals surface area (Å²) in [5.74, 6) is -5.27. The molecule has 2 heterocycles. The number of carbonyl (C=O) groups excluding carboxylic acids is 4. The summed E-state index contributed by atoms with van der Waals surface area (Å²) >= 11 is 0. The van der Waals surface area contributed by atoms with E-state index in [1.807, 2.05) is 0 Å². The van der Waals surface area contributed by atoms with E-state index in [0.717, 1.165) is 4.90 Å². The highest BCUT2D eigenvalue weighted by Crippen LogP contribution is 2.28. The largest absolute Gasteiger partial charge is 0.314 e. The number of hydrogen-bond donors (Lipinski definition) is 3. The van der Waals surface area contributed by atoms with Crippen molar-refractivity contribution >= 4 is 23.6 Å². The molecule has 8 nitrogen and oxygen atoms in total. The van der Waals surface area contributed by atoms with Gasteiger partial charge in [0.25, 0.3) is 17.7 Å². The molecule has 0 bridgehead atoms. The lowest BCUT2D eigenvalue weighted by Gasteiger charge is -2.27. The number of rotatable bonds is 7. The van der Waals surface area contributed by atoms with Gasteiger partial charge in [0.1, 0.15) is 6.04 Å². The molecule has 3 N–H and O–H groups in total. The van der Waals surface area contributed by atoms with Crippen molar-refractivity contribution in [2.24, 2.45) is 0 Å². The molecule has 1 aromatic rings. The molecule has 4 amide bonds. The first-order valence-electron chi connectivity index (χ1n) is 8.81. The summed E-state index contributed by atoms with van der Waals surface area (Å²) in [5.41, 5.74) is 0.834. The average Bonchev–Trinajstić information content (AvgIpc) is 2.86. The van der Waals surface area contributed by atoms with Crippen molar-refractivity contribution in [1.82, 2.24) is 20.9 Å². The van der Waals surface area contributed by atoms with Gasteiger partial charge in [-0.2, -0.15) is 0 Å². The number of alkyl halides is 2. The Bertz CT molecular complexity index is 843. The van der Waals surface area contributed by atoms with Crippen LogP contribution >= 0.6 is 0 Å². The smallest absolute Gasteiger partial charge is 0.272 e. The number of piperidine rings is 1. The molecule has 1 unspecified atom stereocenters. The maximum Gasteiger partial charge on any atom is 0.272 e. The molecule has 2 aliphatic rings. The van der Waals surface area contributed by atoms with Crippen LogP contribution in [0.5, 0.6) is 0 Å². The van der Waals surface area contributed by atoms with Gasteiger partial charge in [0.05, 0.1) is 24.2 Å². The van der Waals surface area contributed by atoms with Gasteiger partial charge >= 0.3 is 0 Å². The Balaban J connectivity index is 1.71. The molecule has 0 aliphatic carbocycles. The molecule has 0 aromatic heterocycles. The molecule has 0 saturated carbocycles. The predicted molar refractivity (Wildman–Crippen MR) is 93.7 cm³/mol. The van der Waals surface area contributed by atoms with Crippen LogP contribution in [0.3, 0.4) is 0 Å². The Morgan fingerprint density at radius 1 is 1.14 bits per heavy atom. The van der Waals surface area contributed by atoms with Crippen LogP contribution in [0.25, 0.3) is 0 Å². The molecular formula is C18H20F2N4O4. The van der Waals surface area contributed by atoms with Crippen LogP contribution in [0.4, 0.5) is 8.78 Å². The van der Waals surface area contributed by atoms with Gasteiger partial charge in [0, 0.05) is 13.0 Å². The van der Waals surface area contributed by atoms with Gasteiger partial charge in [-0.1, -0.05) is 6.07 Å². The third-order valence-corrected chi connectivity index (χ3v) is 4.65. The van der Waals surface area contributed by atoms with Crippen LogP contribution in [0.2, 0.25) is 0 Å². The van der Waals surface area contributed by atoms with Gasteiger partial charge in [-0.3, -0.25) is 29.4 Å². The highest BCUT2D eigenvalue weighted by atomic mass is 19.3. The third-order valence-electron chi connectivity index (χ3n) is 4.65. The number of nitrogens with one attached hydrogen (secondary N) is 3. The second kappa shape index (κ2) is 7.72. The topological polar surface area (TPSA) is 108 Å². The monoisotopic (exact) mass is 394 g/mol. The van der Waals surface area contributed by atoms with Gasteiger partial charge in [0.2, 0.25) is 11.8 Å². The number of halogens is 2. The average molecular weight is 394 g/mol. The lowest BCUT2D eigenvalue weighted by Crippen LogP contribution is -2.54. The van der Waals surface area contributed by atoms with Crippen LogP contribution in [-0.4, -0.2) is 60.6 Å². The number of benzene rings is 1. The van der Waals surface area contributed by atoms with E-state index in [9.17, 15) is 28.0 Å². The molecule has 1 fully saturated rings. The first-order valence-corrected chi connectivity index (χ1v) is 8.81. The van der Waals surface area contributed by atoms with E-state index in [1.54, 1.807) is 6.07 Å². The van der Waals surface area contributed by atoms with Gasteiger partial charge in [-0.05, 0) is 31.2 Å². The Morgan fingerprint density at radius 2 is 1.86 bits per heavy atom. The van der Waals surface area contributed by atoms with E-state index in [1.165, 1.54) is 19.2 Å².